The Balaban J connectivity index is 1.92. The van der Waals surface area contributed by atoms with E-state index in [1.807, 2.05) is 20.8 Å². The van der Waals surface area contributed by atoms with Crippen LogP contribution < -0.4 is 5.56 Å². The van der Waals surface area contributed by atoms with Crippen molar-refractivity contribution in [3.8, 4) is 0 Å². The summed E-state index contributed by atoms with van der Waals surface area (Å²) in [6.45, 7) is 6.43. The summed E-state index contributed by atoms with van der Waals surface area (Å²) in [5.41, 5.74) is 0.997. The zero-order valence-electron chi connectivity index (χ0n) is 14.4. The number of carbonyl (C=O) groups excluding carboxylic acids is 1. The van der Waals surface area contributed by atoms with Crippen LogP contribution in [0.2, 0.25) is 0 Å². The van der Waals surface area contributed by atoms with Gasteiger partial charge in [-0.1, -0.05) is 11.8 Å². The average Bonchev–Trinajstić information content (AvgIpc) is 3.18. The number of aryl methyl sites for hydroxylation is 2. The second-order valence-electron chi connectivity index (χ2n) is 5.45. The highest BCUT2D eigenvalue weighted by Crippen LogP contribution is 2.29. The van der Waals surface area contributed by atoms with Crippen molar-refractivity contribution in [2.24, 2.45) is 0 Å². The summed E-state index contributed by atoms with van der Waals surface area (Å²) < 4.78 is 11.8. The van der Waals surface area contributed by atoms with Crippen LogP contribution in [-0.2, 0) is 17.0 Å². The number of furan rings is 1. The van der Waals surface area contributed by atoms with Crippen molar-refractivity contribution >= 4 is 39.3 Å². The van der Waals surface area contributed by atoms with Crippen LogP contribution in [0.3, 0.4) is 0 Å². The van der Waals surface area contributed by atoms with Crippen LogP contribution in [0.5, 0.6) is 0 Å². The van der Waals surface area contributed by atoms with Crippen LogP contribution in [0, 0.1) is 13.8 Å². The van der Waals surface area contributed by atoms with E-state index >= 15 is 0 Å². The fraction of sp³-hybridized carbons (Fsp3) is 0.353. The number of nitrogens with zero attached hydrogens (tertiary/aromatic N) is 2. The lowest BCUT2D eigenvalue weighted by atomic mass is 10.2. The van der Waals surface area contributed by atoms with E-state index in [1.54, 1.807) is 16.7 Å². The number of esters is 1. The van der Waals surface area contributed by atoms with Crippen LogP contribution in [0.25, 0.3) is 10.2 Å². The van der Waals surface area contributed by atoms with E-state index in [1.165, 1.54) is 30.2 Å². The topological polar surface area (TPSA) is 74.3 Å². The zero-order valence-corrected chi connectivity index (χ0v) is 16.0. The molecule has 6 nitrogen and oxygen atoms in total. The molecule has 3 aromatic heterocycles. The molecule has 8 heteroatoms. The molecule has 3 heterocycles. The minimum absolute atomic E-state index is 0.00783. The van der Waals surface area contributed by atoms with Gasteiger partial charge in [0.05, 0.1) is 18.2 Å². The molecule has 0 spiro atoms. The van der Waals surface area contributed by atoms with Gasteiger partial charge in [-0.3, -0.25) is 9.36 Å². The summed E-state index contributed by atoms with van der Waals surface area (Å²) in [5, 5.41) is 1.36. The van der Waals surface area contributed by atoms with Gasteiger partial charge in [-0.25, -0.2) is 9.78 Å². The van der Waals surface area contributed by atoms with E-state index in [-0.39, 0.29) is 11.3 Å². The highest BCUT2D eigenvalue weighted by molar-refractivity contribution is 7.98. The van der Waals surface area contributed by atoms with Gasteiger partial charge in [0.15, 0.2) is 5.16 Å². The minimum atomic E-state index is -0.509. The first-order valence-electron chi connectivity index (χ1n) is 7.76. The fourth-order valence-electron chi connectivity index (χ4n) is 2.50. The maximum atomic E-state index is 12.8. The molecule has 0 aromatic carbocycles. The van der Waals surface area contributed by atoms with Gasteiger partial charge < -0.3 is 9.15 Å². The van der Waals surface area contributed by atoms with Gasteiger partial charge in [0.25, 0.3) is 5.56 Å². The summed E-state index contributed by atoms with van der Waals surface area (Å²) >= 11 is 2.95. The molecule has 0 atom stereocenters. The van der Waals surface area contributed by atoms with Crippen LogP contribution in [0.1, 0.15) is 33.7 Å². The van der Waals surface area contributed by atoms with Crippen molar-refractivity contribution < 1.29 is 13.9 Å². The van der Waals surface area contributed by atoms with Crippen LogP contribution in [0.15, 0.2) is 26.5 Å². The Morgan fingerprint density at radius 1 is 1.40 bits per heavy atom. The molecule has 132 valence electrons. The number of aromatic nitrogens is 2. The molecule has 0 aliphatic carbocycles. The van der Waals surface area contributed by atoms with Crippen molar-refractivity contribution in [3.05, 3.63) is 44.4 Å². The lowest BCUT2D eigenvalue weighted by Crippen LogP contribution is -2.22. The number of fused-ring (bicyclic) bond motifs is 1. The Bertz CT molecular complexity index is 1000. The Kier molecular flexibility index (Phi) is 5.01. The maximum Gasteiger partial charge on any atom is 0.373 e. The molecule has 25 heavy (non-hydrogen) atoms. The van der Waals surface area contributed by atoms with Crippen LogP contribution >= 0.6 is 23.1 Å². The third-order valence-corrected chi connectivity index (χ3v) is 6.06. The molecule has 0 aliphatic rings. The molecular formula is C17H18N2O4S2. The Hall–Kier alpha value is -2.06. The average molecular weight is 378 g/mol. The summed E-state index contributed by atoms with van der Waals surface area (Å²) in [5.74, 6) is 0.754. The first-order chi connectivity index (χ1) is 12.0. The molecule has 0 saturated heterocycles. The Morgan fingerprint density at radius 3 is 2.84 bits per heavy atom. The molecule has 0 N–H and O–H groups in total. The van der Waals surface area contributed by atoms with Gasteiger partial charge in [0.2, 0.25) is 5.76 Å². The maximum absolute atomic E-state index is 12.8. The lowest BCUT2D eigenvalue weighted by Gasteiger charge is -2.09. The highest BCUT2D eigenvalue weighted by Gasteiger charge is 2.17. The summed E-state index contributed by atoms with van der Waals surface area (Å²) in [6, 6.07) is 3.31. The number of hydrogen-bond acceptors (Lipinski definition) is 7. The number of thiophene rings is 1. The second-order valence-corrected chi connectivity index (χ2v) is 7.60. The predicted molar refractivity (Wildman–Crippen MR) is 98.6 cm³/mol. The normalized spacial score (nSPS) is 11.2. The van der Waals surface area contributed by atoms with Gasteiger partial charge in [-0.05, 0) is 38.5 Å². The monoisotopic (exact) mass is 378 g/mol. The van der Waals surface area contributed by atoms with Gasteiger partial charge >= 0.3 is 5.97 Å². The number of thioether (sulfide) groups is 1. The van der Waals surface area contributed by atoms with Crippen molar-refractivity contribution in [2.45, 2.75) is 38.2 Å². The predicted octanol–water partition coefficient (Wildman–Crippen LogP) is 3.77. The summed E-state index contributed by atoms with van der Waals surface area (Å²) in [4.78, 5) is 30.8. The number of carbonyl (C=O) groups is 1. The van der Waals surface area contributed by atoms with Gasteiger partial charge in [-0.2, -0.15) is 0 Å². The molecule has 3 rings (SSSR count). The molecule has 3 aromatic rings. The van der Waals surface area contributed by atoms with Gasteiger partial charge in [0, 0.05) is 11.4 Å². The van der Waals surface area contributed by atoms with Gasteiger partial charge in [-0.15, -0.1) is 11.3 Å². The van der Waals surface area contributed by atoms with E-state index in [4.69, 9.17) is 4.42 Å². The lowest BCUT2D eigenvalue weighted by molar-refractivity contribution is 0.0563. The Morgan fingerprint density at radius 2 is 2.16 bits per heavy atom. The number of rotatable bonds is 5. The molecule has 0 bridgehead atoms. The smallest absolute Gasteiger partial charge is 0.373 e. The summed E-state index contributed by atoms with van der Waals surface area (Å²) in [6.07, 6.45) is 0. The van der Waals surface area contributed by atoms with Crippen LogP contribution in [0.4, 0.5) is 0 Å². The molecule has 0 fully saturated rings. The molecule has 0 saturated carbocycles. The third kappa shape index (κ3) is 3.23. The molecule has 0 aliphatic heterocycles. The fourth-order valence-corrected chi connectivity index (χ4v) is 4.53. The molecular weight excluding hydrogens is 360 g/mol. The van der Waals surface area contributed by atoms with E-state index in [2.05, 4.69) is 9.72 Å². The van der Waals surface area contributed by atoms with E-state index in [0.717, 1.165) is 15.3 Å². The van der Waals surface area contributed by atoms with Crippen molar-refractivity contribution in [1.29, 1.82) is 0 Å². The number of methoxy groups -OCH3 is 1. The summed E-state index contributed by atoms with van der Waals surface area (Å²) in [7, 11) is 1.31. The zero-order chi connectivity index (χ0) is 18.1. The number of hydrogen-bond donors (Lipinski definition) is 0. The van der Waals surface area contributed by atoms with Crippen molar-refractivity contribution in [3.63, 3.8) is 0 Å². The van der Waals surface area contributed by atoms with Crippen molar-refractivity contribution in [2.75, 3.05) is 7.11 Å². The third-order valence-electron chi connectivity index (χ3n) is 3.96. The second kappa shape index (κ2) is 7.05. The SMILES string of the molecule is CCn1c(SCc2ccc(C(=O)OC)o2)nc2sc(C)c(C)c2c1=O. The highest BCUT2D eigenvalue weighted by atomic mass is 32.2. The molecule has 0 unspecified atom stereocenters. The van der Waals surface area contributed by atoms with Crippen LogP contribution in [-0.4, -0.2) is 22.6 Å². The van der Waals surface area contributed by atoms with E-state index in [9.17, 15) is 9.59 Å². The Labute approximate surface area is 152 Å². The quantitative estimate of drug-likeness (QED) is 0.382. The number of ether oxygens (including phenoxy) is 1. The molecule has 0 radical (unpaired) electrons. The standard InChI is InChI=1S/C17H18N2O4S2/c1-5-19-15(20)13-9(2)10(3)25-14(13)18-17(19)24-8-11-6-7-12(23-11)16(21)22-4/h6-7H,5,8H2,1-4H3. The molecule has 0 amide bonds. The first-order valence-corrected chi connectivity index (χ1v) is 9.56. The van der Waals surface area contributed by atoms with E-state index < -0.39 is 5.97 Å². The van der Waals surface area contributed by atoms with Crippen molar-refractivity contribution in [1.82, 2.24) is 9.55 Å². The first kappa shape index (κ1) is 17.8. The van der Waals surface area contributed by atoms with E-state index in [0.29, 0.717) is 28.6 Å². The minimum Gasteiger partial charge on any atom is -0.463 e. The van der Waals surface area contributed by atoms with Gasteiger partial charge in [0.1, 0.15) is 10.6 Å². The largest absolute Gasteiger partial charge is 0.463 e.